The molecular weight excluding hydrogens is 244 g/mol. The highest BCUT2D eigenvalue weighted by atomic mass is 79.9. The summed E-state index contributed by atoms with van der Waals surface area (Å²) in [7, 11) is 0. The second-order valence-electron chi connectivity index (χ2n) is 4.49. The van der Waals surface area contributed by atoms with E-state index in [-0.39, 0.29) is 4.83 Å². The van der Waals surface area contributed by atoms with Crippen LogP contribution >= 0.6 is 15.9 Å². The Hall–Kier alpha value is 0.400. The van der Waals surface area contributed by atoms with Crippen molar-refractivity contribution >= 4 is 15.9 Å². The third-order valence-electron chi connectivity index (χ3n) is 3.13. The van der Waals surface area contributed by atoms with Crippen molar-refractivity contribution in [1.82, 2.24) is 0 Å². The molecule has 0 amide bonds. The average Bonchev–Trinajstić information content (AvgIpc) is 2.18. The van der Waals surface area contributed by atoms with E-state index in [1.54, 1.807) is 6.92 Å². The van der Waals surface area contributed by atoms with Gasteiger partial charge in [-0.15, -0.1) is 0 Å². The molecule has 0 unspecified atom stereocenters. The Morgan fingerprint density at radius 3 is 2.29 bits per heavy atom. The van der Waals surface area contributed by atoms with Crippen molar-refractivity contribution in [1.29, 1.82) is 0 Å². The van der Waals surface area contributed by atoms with Crippen LogP contribution < -0.4 is 0 Å². The number of halogens is 1. The fourth-order valence-corrected chi connectivity index (χ4v) is 2.43. The molecule has 3 atom stereocenters. The third-order valence-corrected chi connectivity index (χ3v) is 4.50. The zero-order valence-electron chi connectivity index (χ0n) is 8.82. The zero-order valence-corrected chi connectivity index (χ0v) is 10.4. The van der Waals surface area contributed by atoms with Crippen LogP contribution in [-0.2, 0) is 0 Å². The van der Waals surface area contributed by atoms with Gasteiger partial charge in [0.05, 0.1) is 17.0 Å². The van der Waals surface area contributed by atoms with Gasteiger partial charge in [0.2, 0.25) is 0 Å². The monoisotopic (exact) mass is 264 g/mol. The molecule has 2 N–H and O–H groups in total. The molecule has 2 nitrogen and oxygen atoms in total. The molecule has 1 aliphatic carbocycles. The van der Waals surface area contributed by atoms with Gasteiger partial charge in [-0.3, -0.25) is 0 Å². The van der Waals surface area contributed by atoms with Crippen molar-refractivity contribution in [2.24, 2.45) is 5.92 Å². The van der Waals surface area contributed by atoms with Gasteiger partial charge in [0, 0.05) is 0 Å². The van der Waals surface area contributed by atoms with Crippen molar-refractivity contribution in [2.45, 2.75) is 62.5 Å². The van der Waals surface area contributed by atoms with Crippen LogP contribution in [0, 0.1) is 5.92 Å². The molecule has 1 saturated carbocycles. The smallest absolute Gasteiger partial charge is 0.0692 e. The topological polar surface area (TPSA) is 40.5 Å². The van der Waals surface area contributed by atoms with Crippen LogP contribution in [-0.4, -0.2) is 27.2 Å². The van der Waals surface area contributed by atoms with Crippen LogP contribution in [0.2, 0.25) is 0 Å². The lowest BCUT2D eigenvalue weighted by Gasteiger charge is -2.27. The predicted octanol–water partition coefficient (Wildman–Crippen LogP) is 2.46. The lowest BCUT2D eigenvalue weighted by Crippen LogP contribution is -2.32. The minimum absolute atomic E-state index is 0.176. The Bertz CT molecular complexity index is 155. The molecule has 0 aromatic carbocycles. The standard InChI is InChI=1S/C11H21BrO2/c1-8(13)11(12)10(14)7-9-5-3-2-4-6-9/h8-11,13-14H,2-7H2,1H3/t8-,10-,11+/m0/s1. The number of hydrogen-bond donors (Lipinski definition) is 2. The second-order valence-corrected chi connectivity index (χ2v) is 5.55. The van der Waals surface area contributed by atoms with Gasteiger partial charge in [-0.1, -0.05) is 48.0 Å². The molecule has 0 aromatic rings. The van der Waals surface area contributed by atoms with E-state index in [1.165, 1.54) is 32.1 Å². The highest BCUT2D eigenvalue weighted by Crippen LogP contribution is 2.29. The minimum Gasteiger partial charge on any atom is -0.392 e. The Morgan fingerprint density at radius 2 is 1.79 bits per heavy atom. The lowest BCUT2D eigenvalue weighted by atomic mass is 9.84. The first-order valence-corrected chi connectivity index (χ1v) is 6.53. The summed E-state index contributed by atoms with van der Waals surface area (Å²) in [4.78, 5) is -0.176. The molecule has 84 valence electrons. The van der Waals surface area contributed by atoms with Crippen molar-refractivity contribution in [3.8, 4) is 0 Å². The zero-order chi connectivity index (χ0) is 10.6. The summed E-state index contributed by atoms with van der Waals surface area (Å²) in [5, 5.41) is 19.1. The molecular formula is C11H21BrO2. The minimum atomic E-state index is -0.478. The Balaban J connectivity index is 2.27. The third kappa shape index (κ3) is 3.87. The molecule has 1 rings (SSSR count). The molecule has 0 aromatic heterocycles. The van der Waals surface area contributed by atoms with E-state index < -0.39 is 12.2 Å². The van der Waals surface area contributed by atoms with E-state index in [1.807, 2.05) is 0 Å². The predicted molar refractivity (Wildman–Crippen MR) is 61.6 cm³/mol. The van der Waals surface area contributed by atoms with Crippen molar-refractivity contribution in [2.75, 3.05) is 0 Å². The van der Waals surface area contributed by atoms with Crippen molar-refractivity contribution in [3.63, 3.8) is 0 Å². The van der Waals surface area contributed by atoms with Crippen LogP contribution in [0.5, 0.6) is 0 Å². The van der Waals surface area contributed by atoms with E-state index in [0.29, 0.717) is 5.92 Å². The maximum Gasteiger partial charge on any atom is 0.0692 e. The van der Waals surface area contributed by atoms with Crippen molar-refractivity contribution < 1.29 is 10.2 Å². The normalized spacial score (nSPS) is 25.7. The van der Waals surface area contributed by atoms with Crippen LogP contribution in [0.15, 0.2) is 0 Å². The molecule has 0 saturated heterocycles. The van der Waals surface area contributed by atoms with Crippen LogP contribution in [0.25, 0.3) is 0 Å². The summed E-state index contributed by atoms with van der Waals surface area (Å²) in [5.41, 5.74) is 0. The van der Waals surface area contributed by atoms with E-state index >= 15 is 0 Å². The number of aliphatic hydroxyl groups is 2. The maximum absolute atomic E-state index is 9.83. The van der Waals surface area contributed by atoms with Gasteiger partial charge >= 0.3 is 0 Å². The molecule has 0 heterocycles. The largest absolute Gasteiger partial charge is 0.392 e. The summed E-state index contributed by atoms with van der Waals surface area (Å²) >= 11 is 3.33. The summed E-state index contributed by atoms with van der Waals surface area (Å²) in [6, 6.07) is 0. The van der Waals surface area contributed by atoms with Crippen molar-refractivity contribution in [3.05, 3.63) is 0 Å². The molecule has 0 aliphatic heterocycles. The van der Waals surface area contributed by atoms with Crippen LogP contribution in [0.4, 0.5) is 0 Å². The first-order valence-electron chi connectivity index (χ1n) is 5.61. The first kappa shape index (κ1) is 12.5. The van der Waals surface area contributed by atoms with Gasteiger partial charge in [-0.25, -0.2) is 0 Å². The molecule has 0 bridgehead atoms. The van der Waals surface area contributed by atoms with Gasteiger partial charge in [0.1, 0.15) is 0 Å². The Labute approximate surface area is 94.8 Å². The molecule has 0 spiro atoms. The van der Waals surface area contributed by atoms with Crippen LogP contribution in [0.3, 0.4) is 0 Å². The van der Waals surface area contributed by atoms with Gasteiger partial charge in [-0.2, -0.15) is 0 Å². The molecule has 1 aliphatic rings. The highest BCUT2D eigenvalue weighted by molar-refractivity contribution is 9.09. The number of rotatable bonds is 4. The summed E-state index contributed by atoms with van der Waals surface area (Å²) in [6.07, 6.45) is 6.40. The number of aliphatic hydroxyl groups excluding tert-OH is 2. The lowest BCUT2D eigenvalue weighted by molar-refractivity contribution is 0.0786. The van der Waals surface area contributed by atoms with E-state index in [4.69, 9.17) is 0 Å². The quantitative estimate of drug-likeness (QED) is 0.766. The number of hydrogen-bond acceptors (Lipinski definition) is 2. The summed E-state index contributed by atoms with van der Waals surface area (Å²) in [6.45, 7) is 1.71. The molecule has 14 heavy (non-hydrogen) atoms. The number of alkyl halides is 1. The van der Waals surface area contributed by atoms with Crippen LogP contribution in [0.1, 0.15) is 45.4 Å². The second kappa shape index (κ2) is 6.09. The SMILES string of the molecule is C[C@H](O)[C@@H](Br)[C@@H](O)CC1CCCCC1. The molecule has 0 radical (unpaired) electrons. The van der Waals surface area contributed by atoms with Gasteiger partial charge in [0.25, 0.3) is 0 Å². The van der Waals surface area contributed by atoms with E-state index in [0.717, 1.165) is 6.42 Å². The van der Waals surface area contributed by atoms with Gasteiger partial charge in [-0.05, 0) is 19.3 Å². The fourth-order valence-electron chi connectivity index (χ4n) is 2.22. The molecule has 3 heteroatoms. The maximum atomic E-state index is 9.83. The van der Waals surface area contributed by atoms with Gasteiger partial charge in [0.15, 0.2) is 0 Å². The highest BCUT2D eigenvalue weighted by Gasteiger charge is 2.25. The summed E-state index contributed by atoms with van der Waals surface area (Å²) in [5.74, 6) is 0.664. The average molecular weight is 265 g/mol. The Kier molecular flexibility index (Phi) is 5.42. The Morgan fingerprint density at radius 1 is 1.21 bits per heavy atom. The summed E-state index contributed by atoms with van der Waals surface area (Å²) < 4.78 is 0. The fraction of sp³-hybridized carbons (Fsp3) is 1.00. The van der Waals surface area contributed by atoms with E-state index in [9.17, 15) is 10.2 Å². The van der Waals surface area contributed by atoms with Gasteiger partial charge < -0.3 is 10.2 Å². The van der Waals surface area contributed by atoms with E-state index in [2.05, 4.69) is 15.9 Å². The first-order chi connectivity index (χ1) is 6.61. The molecule has 1 fully saturated rings.